The molecule has 1 aromatic carbocycles. The molecular weight excluding hydrogens is 309 g/mol. The van der Waals surface area contributed by atoms with E-state index in [2.05, 4.69) is 21.2 Å². The van der Waals surface area contributed by atoms with E-state index in [-0.39, 0.29) is 23.4 Å². The largest absolute Gasteiger partial charge is 0.381 e. The molecule has 1 unspecified atom stereocenters. The van der Waals surface area contributed by atoms with Gasteiger partial charge in [0, 0.05) is 22.0 Å². The van der Waals surface area contributed by atoms with Crippen LogP contribution >= 0.6 is 15.9 Å². The molecule has 96 valence electrons. The normalized spacial score (nSPS) is 13.4. The number of anilines is 1. The first kappa shape index (κ1) is 14.4. The minimum Gasteiger partial charge on any atom is -0.381 e. The van der Waals surface area contributed by atoms with Gasteiger partial charge in [-0.15, -0.1) is 0 Å². The minimum absolute atomic E-state index is 0.0628. The Balaban J connectivity index is 2.72. The molecule has 1 N–H and O–H groups in total. The van der Waals surface area contributed by atoms with Crippen LogP contribution in [0.5, 0.6) is 0 Å². The van der Waals surface area contributed by atoms with Crippen LogP contribution < -0.4 is 5.32 Å². The average Bonchev–Trinajstić information content (AvgIpc) is 2.21. The summed E-state index contributed by atoms with van der Waals surface area (Å²) in [5, 5.41) is 3.04. The van der Waals surface area contributed by atoms with Crippen molar-refractivity contribution in [3.05, 3.63) is 28.5 Å². The predicted octanol–water partition coefficient (Wildman–Crippen LogP) is 2.82. The zero-order valence-corrected chi connectivity index (χ0v) is 12.1. The highest BCUT2D eigenvalue weighted by molar-refractivity contribution is 9.10. The smallest absolute Gasteiger partial charge is 0.152 e. The van der Waals surface area contributed by atoms with Gasteiger partial charge in [0.15, 0.2) is 9.84 Å². The summed E-state index contributed by atoms with van der Waals surface area (Å²) in [6.07, 6.45) is 0. The van der Waals surface area contributed by atoms with Crippen molar-refractivity contribution in [2.45, 2.75) is 19.9 Å². The monoisotopic (exact) mass is 323 g/mol. The Morgan fingerprint density at radius 1 is 1.47 bits per heavy atom. The number of hydrogen-bond acceptors (Lipinski definition) is 3. The lowest BCUT2D eigenvalue weighted by Gasteiger charge is -2.16. The molecule has 17 heavy (non-hydrogen) atoms. The van der Waals surface area contributed by atoms with Gasteiger partial charge in [-0.3, -0.25) is 0 Å². The van der Waals surface area contributed by atoms with Crippen LogP contribution in [0.3, 0.4) is 0 Å². The first-order chi connectivity index (χ1) is 7.84. The molecule has 0 aliphatic rings. The summed E-state index contributed by atoms with van der Waals surface area (Å²) >= 11 is 3.22. The number of sulfone groups is 1. The van der Waals surface area contributed by atoms with Crippen molar-refractivity contribution in [3.8, 4) is 0 Å². The molecule has 0 saturated carbocycles. The highest BCUT2D eigenvalue weighted by Gasteiger charge is 2.14. The summed E-state index contributed by atoms with van der Waals surface area (Å²) in [7, 11) is -3.01. The third-order valence-electron chi connectivity index (χ3n) is 2.28. The Morgan fingerprint density at radius 2 is 2.12 bits per heavy atom. The van der Waals surface area contributed by atoms with Crippen LogP contribution in [0.15, 0.2) is 22.7 Å². The molecule has 6 heteroatoms. The van der Waals surface area contributed by atoms with Gasteiger partial charge in [-0.1, -0.05) is 6.92 Å². The van der Waals surface area contributed by atoms with Crippen LogP contribution in [-0.2, 0) is 9.84 Å². The molecular formula is C11H15BrFNO2S. The molecule has 0 amide bonds. The number of nitrogens with one attached hydrogen (secondary N) is 1. The molecule has 0 aliphatic carbocycles. The van der Waals surface area contributed by atoms with E-state index in [1.54, 1.807) is 19.9 Å². The van der Waals surface area contributed by atoms with E-state index in [0.29, 0.717) is 10.2 Å². The fourth-order valence-corrected chi connectivity index (χ4v) is 2.96. The van der Waals surface area contributed by atoms with Crippen molar-refractivity contribution in [3.63, 3.8) is 0 Å². The quantitative estimate of drug-likeness (QED) is 0.906. The second-order valence-corrected chi connectivity index (χ2v) is 7.12. The maximum absolute atomic E-state index is 12.9. The molecule has 0 bridgehead atoms. The van der Waals surface area contributed by atoms with E-state index in [1.807, 2.05) is 0 Å². The molecule has 0 aliphatic heterocycles. The predicted molar refractivity (Wildman–Crippen MR) is 71.5 cm³/mol. The number of hydrogen-bond donors (Lipinski definition) is 1. The zero-order valence-electron chi connectivity index (χ0n) is 9.70. The maximum atomic E-state index is 12.9. The van der Waals surface area contributed by atoms with Crippen LogP contribution in [-0.4, -0.2) is 26.0 Å². The maximum Gasteiger partial charge on any atom is 0.152 e. The Kier molecular flexibility index (Phi) is 4.94. The number of benzene rings is 1. The second-order valence-electron chi connectivity index (χ2n) is 3.87. The van der Waals surface area contributed by atoms with Crippen LogP contribution in [0.4, 0.5) is 10.1 Å². The summed E-state index contributed by atoms with van der Waals surface area (Å²) in [5.74, 6) is -0.145. The fourth-order valence-electron chi connectivity index (χ4n) is 1.41. The molecule has 0 saturated heterocycles. The SMILES string of the molecule is CCS(=O)(=O)CC(C)Nc1ccc(F)cc1Br. The summed E-state index contributed by atoms with van der Waals surface area (Å²) in [4.78, 5) is 0. The lowest BCUT2D eigenvalue weighted by Crippen LogP contribution is -2.26. The van der Waals surface area contributed by atoms with Crippen LogP contribution in [0.1, 0.15) is 13.8 Å². The summed E-state index contributed by atoms with van der Waals surface area (Å²) < 4.78 is 36.3. The van der Waals surface area contributed by atoms with Gasteiger partial charge in [0.05, 0.1) is 5.75 Å². The number of halogens is 2. The van der Waals surface area contributed by atoms with E-state index >= 15 is 0 Å². The van der Waals surface area contributed by atoms with Crippen LogP contribution in [0, 0.1) is 5.82 Å². The molecule has 0 fully saturated rings. The van der Waals surface area contributed by atoms with Gasteiger partial charge in [0.25, 0.3) is 0 Å². The van der Waals surface area contributed by atoms with E-state index < -0.39 is 9.84 Å². The third kappa shape index (κ3) is 4.63. The van der Waals surface area contributed by atoms with Crippen molar-refractivity contribution >= 4 is 31.5 Å². The molecule has 1 aromatic rings. The molecule has 0 aromatic heterocycles. The van der Waals surface area contributed by atoms with E-state index in [0.717, 1.165) is 0 Å². The highest BCUT2D eigenvalue weighted by atomic mass is 79.9. The average molecular weight is 324 g/mol. The first-order valence-corrected chi connectivity index (χ1v) is 7.87. The lowest BCUT2D eigenvalue weighted by molar-refractivity contribution is 0.593. The van der Waals surface area contributed by atoms with E-state index in [1.165, 1.54) is 12.1 Å². The van der Waals surface area contributed by atoms with E-state index in [4.69, 9.17) is 0 Å². The van der Waals surface area contributed by atoms with Gasteiger partial charge in [-0.05, 0) is 41.1 Å². The second kappa shape index (κ2) is 5.82. The lowest BCUT2D eigenvalue weighted by atomic mass is 10.3. The molecule has 1 atom stereocenters. The topological polar surface area (TPSA) is 46.2 Å². The molecule has 3 nitrogen and oxygen atoms in total. The first-order valence-electron chi connectivity index (χ1n) is 5.26. The minimum atomic E-state index is -3.01. The van der Waals surface area contributed by atoms with Crippen LogP contribution in [0.25, 0.3) is 0 Å². The highest BCUT2D eigenvalue weighted by Crippen LogP contribution is 2.23. The van der Waals surface area contributed by atoms with Crippen molar-refractivity contribution in [1.82, 2.24) is 0 Å². The van der Waals surface area contributed by atoms with Crippen molar-refractivity contribution < 1.29 is 12.8 Å². The molecule has 0 spiro atoms. The van der Waals surface area contributed by atoms with Gasteiger partial charge in [0.2, 0.25) is 0 Å². The van der Waals surface area contributed by atoms with Gasteiger partial charge in [-0.2, -0.15) is 0 Å². The standard InChI is InChI=1S/C11H15BrFNO2S/c1-3-17(15,16)7-8(2)14-11-5-4-9(13)6-10(11)12/h4-6,8,14H,3,7H2,1-2H3. The van der Waals surface area contributed by atoms with Crippen molar-refractivity contribution in [1.29, 1.82) is 0 Å². The summed E-state index contributed by atoms with van der Waals surface area (Å²) in [6.45, 7) is 3.40. The Hall–Kier alpha value is -0.620. The molecule has 1 rings (SSSR count). The Morgan fingerprint density at radius 3 is 2.65 bits per heavy atom. The Labute approximate surface area is 109 Å². The zero-order chi connectivity index (χ0) is 13.1. The fraction of sp³-hybridized carbons (Fsp3) is 0.455. The van der Waals surface area contributed by atoms with Gasteiger partial charge in [-0.25, -0.2) is 12.8 Å². The summed E-state index contributed by atoms with van der Waals surface area (Å²) in [6, 6.07) is 4.02. The van der Waals surface area contributed by atoms with Crippen molar-refractivity contribution in [2.75, 3.05) is 16.8 Å². The third-order valence-corrected chi connectivity index (χ3v) is 4.82. The molecule has 0 heterocycles. The Bertz CT molecular complexity index is 490. The van der Waals surface area contributed by atoms with Gasteiger partial charge in [0.1, 0.15) is 5.82 Å². The summed E-state index contributed by atoms with van der Waals surface area (Å²) in [5.41, 5.74) is 0.685. The number of rotatable bonds is 5. The van der Waals surface area contributed by atoms with Crippen molar-refractivity contribution in [2.24, 2.45) is 0 Å². The van der Waals surface area contributed by atoms with Crippen LogP contribution in [0.2, 0.25) is 0 Å². The van der Waals surface area contributed by atoms with Gasteiger partial charge >= 0.3 is 0 Å². The van der Waals surface area contributed by atoms with E-state index in [9.17, 15) is 12.8 Å². The van der Waals surface area contributed by atoms with Gasteiger partial charge < -0.3 is 5.32 Å². The molecule has 0 radical (unpaired) electrons.